The van der Waals surface area contributed by atoms with Gasteiger partial charge in [0.1, 0.15) is 5.82 Å². The molecule has 0 aromatic heterocycles. The number of benzene rings is 2. The Morgan fingerprint density at radius 2 is 1.90 bits per heavy atom. The normalized spacial score (nSPS) is 12.2. The largest absolute Gasteiger partial charge is 0.269 e. The van der Waals surface area contributed by atoms with E-state index in [0.29, 0.717) is 17.5 Å². The Labute approximate surface area is 124 Å². The quantitative estimate of drug-likeness (QED) is 0.460. The first-order valence-electron chi connectivity index (χ1n) is 6.11. The third-order valence-corrected chi connectivity index (χ3v) is 3.94. The van der Waals surface area contributed by atoms with E-state index in [1.54, 1.807) is 31.2 Å². The summed E-state index contributed by atoms with van der Waals surface area (Å²) in [6.45, 7) is 1.73. The fraction of sp³-hybridized carbons (Fsp3) is 0.200. The molecule has 2 rings (SSSR count). The van der Waals surface area contributed by atoms with Crippen LogP contribution in [0, 0.1) is 22.9 Å². The van der Waals surface area contributed by atoms with Gasteiger partial charge in [0.2, 0.25) is 0 Å². The number of rotatable bonds is 4. The second kappa shape index (κ2) is 6.13. The Morgan fingerprint density at radius 1 is 1.25 bits per heavy atom. The Hall–Kier alpha value is -1.75. The minimum absolute atomic E-state index is 0.0570. The SMILES string of the molecule is Cc1cccc(C(Br)Cc2ccc([N+](=O)[O-])cc2)c1F. The summed E-state index contributed by atoms with van der Waals surface area (Å²) >= 11 is 3.48. The Morgan fingerprint density at radius 3 is 2.50 bits per heavy atom. The lowest BCUT2D eigenvalue weighted by Crippen LogP contribution is -2.00. The molecule has 0 fully saturated rings. The van der Waals surface area contributed by atoms with Gasteiger partial charge in [0.05, 0.1) is 4.92 Å². The Bertz CT molecular complexity index is 628. The summed E-state index contributed by atoms with van der Waals surface area (Å²) in [6, 6.07) is 11.6. The van der Waals surface area contributed by atoms with E-state index in [2.05, 4.69) is 15.9 Å². The number of nitrogens with zero attached hydrogens (tertiary/aromatic N) is 1. The van der Waals surface area contributed by atoms with Crippen LogP contribution in [0.4, 0.5) is 10.1 Å². The highest BCUT2D eigenvalue weighted by atomic mass is 79.9. The molecule has 0 spiro atoms. The zero-order valence-corrected chi connectivity index (χ0v) is 12.4. The number of non-ortho nitro benzene ring substituents is 1. The van der Waals surface area contributed by atoms with Gasteiger partial charge in [-0.15, -0.1) is 0 Å². The molecule has 0 bridgehead atoms. The van der Waals surface area contributed by atoms with Gasteiger partial charge in [0.25, 0.3) is 5.69 Å². The molecule has 0 saturated carbocycles. The molecule has 1 unspecified atom stereocenters. The highest BCUT2D eigenvalue weighted by Gasteiger charge is 2.15. The van der Waals surface area contributed by atoms with Gasteiger partial charge in [-0.3, -0.25) is 10.1 Å². The van der Waals surface area contributed by atoms with Crippen LogP contribution in [0.15, 0.2) is 42.5 Å². The average molecular weight is 338 g/mol. The smallest absolute Gasteiger partial charge is 0.258 e. The number of nitro groups is 1. The van der Waals surface area contributed by atoms with Crippen LogP contribution < -0.4 is 0 Å². The average Bonchev–Trinajstić information content (AvgIpc) is 2.42. The van der Waals surface area contributed by atoms with Gasteiger partial charge in [-0.05, 0) is 24.5 Å². The van der Waals surface area contributed by atoms with Crippen LogP contribution >= 0.6 is 15.9 Å². The van der Waals surface area contributed by atoms with E-state index in [1.165, 1.54) is 12.1 Å². The molecular formula is C15H13BrFNO2. The van der Waals surface area contributed by atoms with E-state index < -0.39 is 4.92 Å². The molecule has 0 saturated heterocycles. The van der Waals surface area contributed by atoms with Crippen LogP contribution in [0.25, 0.3) is 0 Å². The fourth-order valence-corrected chi connectivity index (χ4v) is 2.71. The minimum Gasteiger partial charge on any atom is -0.258 e. The predicted octanol–water partition coefficient (Wildman–Crippen LogP) is 4.72. The summed E-state index contributed by atoms with van der Waals surface area (Å²) in [5, 5.41) is 10.6. The summed E-state index contributed by atoms with van der Waals surface area (Å²) in [5.41, 5.74) is 2.18. The van der Waals surface area contributed by atoms with Crippen molar-refractivity contribution in [3.63, 3.8) is 0 Å². The van der Waals surface area contributed by atoms with Crippen molar-refractivity contribution >= 4 is 21.6 Å². The summed E-state index contributed by atoms with van der Waals surface area (Å²) in [5.74, 6) is -0.212. The first kappa shape index (κ1) is 14.7. The lowest BCUT2D eigenvalue weighted by molar-refractivity contribution is -0.384. The molecule has 3 nitrogen and oxygen atoms in total. The van der Waals surface area contributed by atoms with Crippen LogP contribution in [-0.4, -0.2) is 4.92 Å². The monoisotopic (exact) mass is 337 g/mol. The molecule has 104 valence electrons. The van der Waals surface area contributed by atoms with E-state index in [9.17, 15) is 14.5 Å². The van der Waals surface area contributed by atoms with Crippen molar-refractivity contribution in [3.05, 3.63) is 75.1 Å². The zero-order chi connectivity index (χ0) is 14.7. The second-order valence-corrected chi connectivity index (χ2v) is 5.68. The molecule has 0 N–H and O–H groups in total. The van der Waals surface area contributed by atoms with Crippen molar-refractivity contribution in [1.82, 2.24) is 0 Å². The standard InChI is InChI=1S/C15H13BrFNO2/c1-10-3-2-4-13(15(10)17)14(16)9-11-5-7-12(8-6-11)18(19)20/h2-8,14H,9H2,1H3. The van der Waals surface area contributed by atoms with Gasteiger partial charge in [-0.1, -0.05) is 46.3 Å². The van der Waals surface area contributed by atoms with Crippen LogP contribution in [0.3, 0.4) is 0 Å². The van der Waals surface area contributed by atoms with Crippen molar-refractivity contribution < 1.29 is 9.31 Å². The van der Waals surface area contributed by atoms with E-state index in [-0.39, 0.29) is 16.3 Å². The zero-order valence-electron chi connectivity index (χ0n) is 10.8. The minimum atomic E-state index is -0.435. The van der Waals surface area contributed by atoms with Gasteiger partial charge in [-0.25, -0.2) is 4.39 Å². The number of aryl methyl sites for hydroxylation is 1. The maximum atomic E-state index is 14.0. The molecule has 5 heteroatoms. The first-order valence-corrected chi connectivity index (χ1v) is 7.03. The van der Waals surface area contributed by atoms with E-state index >= 15 is 0 Å². The third kappa shape index (κ3) is 3.22. The van der Waals surface area contributed by atoms with Crippen molar-refractivity contribution in [2.24, 2.45) is 0 Å². The van der Waals surface area contributed by atoms with Crippen molar-refractivity contribution in [2.45, 2.75) is 18.2 Å². The van der Waals surface area contributed by atoms with Gasteiger partial charge >= 0.3 is 0 Å². The number of hydrogen-bond acceptors (Lipinski definition) is 2. The molecule has 0 aliphatic carbocycles. The van der Waals surface area contributed by atoms with Crippen LogP contribution in [-0.2, 0) is 6.42 Å². The molecule has 1 atom stereocenters. The van der Waals surface area contributed by atoms with E-state index in [0.717, 1.165) is 5.56 Å². The second-order valence-electron chi connectivity index (χ2n) is 4.57. The molecule has 0 heterocycles. The van der Waals surface area contributed by atoms with E-state index in [4.69, 9.17) is 0 Å². The van der Waals surface area contributed by atoms with E-state index in [1.807, 2.05) is 6.07 Å². The summed E-state index contributed by atoms with van der Waals surface area (Å²) < 4.78 is 14.0. The van der Waals surface area contributed by atoms with Crippen molar-refractivity contribution in [2.75, 3.05) is 0 Å². The summed E-state index contributed by atoms with van der Waals surface area (Å²) in [4.78, 5) is 9.99. The number of halogens is 2. The molecule has 0 amide bonds. The Kier molecular flexibility index (Phi) is 4.49. The molecule has 0 radical (unpaired) electrons. The van der Waals surface area contributed by atoms with Gasteiger partial charge in [0, 0.05) is 22.5 Å². The predicted molar refractivity (Wildman–Crippen MR) is 79.6 cm³/mol. The highest BCUT2D eigenvalue weighted by molar-refractivity contribution is 9.09. The lowest BCUT2D eigenvalue weighted by Gasteiger charge is -2.12. The topological polar surface area (TPSA) is 43.1 Å². The van der Waals surface area contributed by atoms with Crippen LogP contribution in [0.2, 0.25) is 0 Å². The molecule has 2 aromatic rings. The number of nitro benzene ring substituents is 1. The third-order valence-electron chi connectivity index (χ3n) is 3.12. The van der Waals surface area contributed by atoms with Crippen molar-refractivity contribution in [3.8, 4) is 0 Å². The fourth-order valence-electron chi connectivity index (χ4n) is 1.98. The Balaban J connectivity index is 2.17. The maximum Gasteiger partial charge on any atom is 0.269 e. The number of alkyl halides is 1. The molecule has 2 aromatic carbocycles. The van der Waals surface area contributed by atoms with Gasteiger partial charge in [-0.2, -0.15) is 0 Å². The lowest BCUT2D eigenvalue weighted by atomic mass is 10.0. The van der Waals surface area contributed by atoms with Crippen LogP contribution in [0.1, 0.15) is 21.5 Å². The van der Waals surface area contributed by atoms with Crippen molar-refractivity contribution in [1.29, 1.82) is 0 Å². The van der Waals surface area contributed by atoms with Crippen LogP contribution in [0.5, 0.6) is 0 Å². The maximum absolute atomic E-state index is 14.0. The molecule has 0 aliphatic rings. The molecule has 0 aliphatic heterocycles. The number of hydrogen-bond donors (Lipinski definition) is 0. The summed E-state index contributed by atoms with van der Waals surface area (Å²) in [7, 11) is 0. The van der Waals surface area contributed by atoms with Gasteiger partial charge < -0.3 is 0 Å². The highest BCUT2D eigenvalue weighted by Crippen LogP contribution is 2.30. The van der Waals surface area contributed by atoms with Gasteiger partial charge in [0.15, 0.2) is 0 Å². The molecular weight excluding hydrogens is 325 g/mol. The summed E-state index contributed by atoms with van der Waals surface area (Å²) in [6.07, 6.45) is 0.568. The molecule has 20 heavy (non-hydrogen) atoms. The first-order chi connectivity index (χ1) is 9.49.